The summed E-state index contributed by atoms with van der Waals surface area (Å²) in [6.45, 7) is 15.3. The van der Waals surface area contributed by atoms with E-state index in [4.69, 9.17) is 0 Å². The van der Waals surface area contributed by atoms with Gasteiger partial charge in [-0.1, -0.05) is 25.3 Å². The molecule has 122 valence electrons. The minimum absolute atomic E-state index is 0.886. The molecule has 2 fully saturated rings. The molecule has 2 heteroatoms. The number of hydrogen-bond donors (Lipinski definition) is 0. The molecule has 0 radical (unpaired) electrons. The van der Waals surface area contributed by atoms with Crippen molar-refractivity contribution in [3.05, 3.63) is 37.5 Å². The normalized spacial score (nSPS) is 39.7. The average molecular weight is 303 g/mol. The van der Waals surface area contributed by atoms with E-state index in [1.54, 1.807) is 0 Å². The highest BCUT2D eigenvalue weighted by atomic mass is 15.4. The number of likely N-dealkylation sites (tertiary alicyclic amines) is 1. The van der Waals surface area contributed by atoms with Gasteiger partial charge in [-0.3, -0.25) is 0 Å². The molecule has 4 unspecified atom stereocenters. The molecule has 4 aliphatic rings. The van der Waals surface area contributed by atoms with Gasteiger partial charge in [-0.15, -0.1) is 0 Å². The Morgan fingerprint density at radius 2 is 1.55 bits per heavy atom. The van der Waals surface area contributed by atoms with Crippen LogP contribution in [0.2, 0.25) is 0 Å². The summed E-state index contributed by atoms with van der Waals surface area (Å²) in [5.74, 6) is 3.70. The molecular weight excluding hydrogens is 268 g/mol. The number of hydrogen-bond acceptors (Lipinski definition) is 0. The van der Waals surface area contributed by atoms with E-state index in [1.807, 2.05) is 0 Å². The monoisotopic (exact) mass is 302 g/mol. The molecule has 4 atom stereocenters. The Kier molecular flexibility index (Phi) is 4.35. The van der Waals surface area contributed by atoms with E-state index < -0.39 is 0 Å². The summed E-state index contributed by atoms with van der Waals surface area (Å²) >= 11 is 0. The van der Waals surface area contributed by atoms with Crippen LogP contribution in [-0.4, -0.2) is 62.3 Å². The van der Waals surface area contributed by atoms with Crippen LogP contribution in [0.4, 0.5) is 0 Å². The van der Waals surface area contributed by atoms with Crippen LogP contribution in [0, 0.1) is 23.7 Å². The van der Waals surface area contributed by atoms with Gasteiger partial charge in [-0.05, 0) is 36.8 Å². The number of allylic oxidation sites excluding steroid dienone is 2. The molecule has 3 aliphatic carbocycles. The van der Waals surface area contributed by atoms with Gasteiger partial charge in [0.25, 0.3) is 0 Å². The Morgan fingerprint density at radius 1 is 1.05 bits per heavy atom. The largest absolute Gasteiger partial charge is 0.321 e. The second-order valence-corrected chi connectivity index (χ2v) is 8.61. The Bertz CT molecular complexity index is 432. The van der Waals surface area contributed by atoms with Gasteiger partial charge in [-0.25, -0.2) is 0 Å². The van der Waals surface area contributed by atoms with Gasteiger partial charge in [-0.2, -0.15) is 0 Å². The first-order valence-corrected chi connectivity index (χ1v) is 9.06. The fourth-order valence-electron chi connectivity index (χ4n) is 5.39. The lowest BCUT2D eigenvalue weighted by Gasteiger charge is -2.38. The lowest BCUT2D eigenvalue weighted by Crippen LogP contribution is -2.53. The van der Waals surface area contributed by atoms with Crippen LogP contribution in [0.15, 0.2) is 37.5 Å². The SMILES string of the molecule is C=CC[N+](C)(CC=C)CC[N+]1(C)CC2C3C=CC(CC3)C2C1. The average Bonchev–Trinajstić information content (AvgIpc) is 2.87. The first kappa shape index (κ1) is 16.0. The molecule has 0 amide bonds. The molecule has 2 bridgehead atoms. The molecule has 0 N–H and O–H groups in total. The van der Waals surface area contributed by atoms with Crippen molar-refractivity contribution in [3.8, 4) is 0 Å². The second-order valence-electron chi connectivity index (χ2n) is 8.61. The zero-order valence-electron chi connectivity index (χ0n) is 14.6. The van der Waals surface area contributed by atoms with Crippen LogP contribution >= 0.6 is 0 Å². The molecule has 1 aliphatic heterocycles. The third-order valence-electron chi connectivity index (χ3n) is 6.71. The van der Waals surface area contributed by atoms with Gasteiger partial charge >= 0.3 is 0 Å². The maximum absolute atomic E-state index is 3.95. The van der Waals surface area contributed by atoms with E-state index in [0.717, 1.165) is 41.2 Å². The highest BCUT2D eigenvalue weighted by molar-refractivity contribution is 5.10. The van der Waals surface area contributed by atoms with Crippen molar-refractivity contribution in [1.82, 2.24) is 0 Å². The summed E-state index contributed by atoms with van der Waals surface area (Å²) in [5, 5.41) is 0. The molecule has 0 aromatic carbocycles. The lowest BCUT2D eigenvalue weighted by atomic mass is 9.64. The Labute approximate surface area is 137 Å². The predicted octanol–water partition coefficient (Wildman–Crippen LogP) is 3.09. The zero-order valence-corrected chi connectivity index (χ0v) is 14.6. The molecule has 0 aromatic heterocycles. The summed E-state index contributed by atoms with van der Waals surface area (Å²) in [5.41, 5.74) is 0. The van der Waals surface area contributed by atoms with Crippen LogP contribution in [-0.2, 0) is 0 Å². The van der Waals surface area contributed by atoms with E-state index in [1.165, 1.54) is 43.5 Å². The van der Waals surface area contributed by atoms with Crippen LogP contribution in [0.1, 0.15) is 12.8 Å². The summed E-state index contributed by atoms with van der Waals surface area (Å²) in [4.78, 5) is 0. The smallest absolute Gasteiger partial charge is 0.129 e. The minimum Gasteiger partial charge on any atom is -0.321 e. The van der Waals surface area contributed by atoms with Gasteiger partial charge in [0.15, 0.2) is 0 Å². The predicted molar refractivity (Wildman–Crippen MR) is 94.3 cm³/mol. The van der Waals surface area contributed by atoms with Gasteiger partial charge in [0.2, 0.25) is 0 Å². The third-order valence-corrected chi connectivity index (χ3v) is 6.71. The van der Waals surface area contributed by atoms with Crippen molar-refractivity contribution in [3.63, 3.8) is 0 Å². The fourth-order valence-corrected chi connectivity index (χ4v) is 5.39. The standard InChI is InChI=1S/C20H34N2/c1-5-11-21(3,12-6-2)13-14-22(4)15-19-17-7-8-18(10-9-17)20(19)16-22/h5-8,17-20H,1-2,9-16H2,3-4H3/q+2. The summed E-state index contributed by atoms with van der Waals surface area (Å²) in [7, 11) is 4.85. The highest BCUT2D eigenvalue weighted by Crippen LogP contribution is 2.49. The molecule has 0 aromatic rings. The maximum Gasteiger partial charge on any atom is 0.129 e. The first-order chi connectivity index (χ1) is 10.5. The Morgan fingerprint density at radius 3 is 1.95 bits per heavy atom. The Balaban J connectivity index is 1.63. The minimum atomic E-state index is 0.886. The van der Waals surface area contributed by atoms with Gasteiger partial charge in [0.05, 0.1) is 40.3 Å². The van der Waals surface area contributed by atoms with Crippen molar-refractivity contribution in [2.75, 3.05) is 53.4 Å². The van der Waals surface area contributed by atoms with Crippen molar-refractivity contribution >= 4 is 0 Å². The molecule has 1 heterocycles. The first-order valence-electron chi connectivity index (χ1n) is 9.06. The van der Waals surface area contributed by atoms with Crippen molar-refractivity contribution in [1.29, 1.82) is 0 Å². The molecule has 4 rings (SSSR count). The second kappa shape index (κ2) is 5.98. The van der Waals surface area contributed by atoms with Crippen LogP contribution in [0.3, 0.4) is 0 Å². The van der Waals surface area contributed by atoms with Crippen molar-refractivity contribution in [2.45, 2.75) is 12.8 Å². The lowest BCUT2D eigenvalue weighted by molar-refractivity contribution is -0.954. The number of quaternary nitrogens is 2. The molecule has 1 saturated heterocycles. The van der Waals surface area contributed by atoms with Gasteiger partial charge in [0.1, 0.15) is 13.1 Å². The molecule has 1 saturated carbocycles. The van der Waals surface area contributed by atoms with Crippen LogP contribution < -0.4 is 0 Å². The van der Waals surface area contributed by atoms with Crippen LogP contribution in [0.5, 0.6) is 0 Å². The zero-order chi connectivity index (χ0) is 15.8. The van der Waals surface area contributed by atoms with Crippen molar-refractivity contribution < 1.29 is 8.97 Å². The maximum atomic E-state index is 3.95. The summed E-state index contributed by atoms with van der Waals surface area (Å²) in [6.07, 6.45) is 12.1. The number of rotatable bonds is 7. The van der Waals surface area contributed by atoms with Gasteiger partial charge in [0, 0.05) is 11.8 Å². The topological polar surface area (TPSA) is 0 Å². The number of fused-ring (bicyclic) bond motifs is 1. The number of nitrogens with zero attached hydrogens (tertiary/aromatic N) is 2. The molecule has 0 spiro atoms. The van der Waals surface area contributed by atoms with E-state index >= 15 is 0 Å². The summed E-state index contributed by atoms with van der Waals surface area (Å²) < 4.78 is 2.34. The highest BCUT2D eigenvalue weighted by Gasteiger charge is 2.52. The van der Waals surface area contributed by atoms with Crippen molar-refractivity contribution in [2.24, 2.45) is 23.7 Å². The Hall–Kier alpha value is -0.860. The molecular formula is C20H34N2+2. The quantitative estimate of drug-likeness (QED) is 0.501. The fraction of sp³-hybridized carbons (Fsp3) is 0.700. The summed E-state index contributed by atoms with van der Waals surface area (Å²) in [6, 6.07) is 0. The van der Waals surface area contributed by atoms with Crippen LogP contribution in [0.25, 0.3) is 0 Å². The third kappa shape index (κ3) is 2.96. The van der Waals surface area contributed by atoms with E-state index in [9.17, 15) is 0 Å². The molecule has 22 heavy (non-hydrogen) atoms. The number of likely N-dealkylation sites (N-methyl/N-ethyl adjacent to an activating group) is 2. The van der Waals surface area contributed by atoms with Gasteiger partial charge < -0.3 is 8.97 Å². The van der Waals surface area contributed by atoms with E-state index in [0.29, 0.717) is 0 Å². The van der Waals surface area contributed by atoms with E-state index in [2.05, 4.69) is 51.6 Å². The van der Waals surface area contributed by atoms with E-state index in [-0.39, 0.29) is 0 Å². The molecule has 2 nitrogen and oxygen atoms in total.